The molecule has 0 bridgehead atoms. The van der Waals surface area contributed by atoms with Crippen molar-refractivity contribution in [3.05, 3.63) is 23.2 Å². The fraction of sp³-hybridized carbons (Fsp3) is 0.273. The van der Waals surface area contributed by atoms with E-state index in [9.17, 15) is 9.59 Å². The maximum Gasteiger partial charge on any atom is 0.237 e. The summed E-state index contributed by atoms with van der Waals surface area (Å²) in [6.45, 7) is 0. The number of nitrogens with zero attached hydrogens (tertiary/aromatic N) is 1. The van der Waals surface area contributed by atoms with Gasteiger partial charge >= 0.3 is 0 Å². The molecule has 1 aromatic rings. The summed E-state index contributed by atoms with van der Waals surface area (Å²) < 4.78 is 0. The van der Waals surface area contributed by atoms with Crippen molar-refractivity contribution in [2.75, 3.05) is 10.6 Å². The summed E-state index contributed by atoms with van der Waals surface area (Å²) in [7, 11) is 0. The van der Waals surface area contributed by atoms with E-state index in [0.29, 0.717) is 22.8 Å². The average molecular weight is 237 g/mol. The van der Waals surface area contributed by atoms with E-state index in [-0.39, 0.29) is 23.7 Å². The molecule has 16 heavy (non-hydrogen) atoms. The number of nitrogens with two attached hydrogens (primary N) is 1. The van der Waals surface area contributed by atoms with Crippen molar-refractivity contribution >= 4 is 34.8 Å². The van der Waals surface area contributed by atoms with Gasteiger partial charge in [-0.15, -0.1) is 0 Å². The van der Waals surface area contributed by atoms with Gasteiger partial charge < -0.3 is 5.73 Å². The Hall–Kier alpha value is -1.55. The van der Waals surface area contributed by atoms with Gasteiger partial charge in [-0.05, 0) is 24.6 Å². The molecule has 82 valence electrons. The molecule has 1 saturated carbocycles. The normalized spacial score (nSPS) is 27.2. The van der Waals surface area contributed by atoms with Gasteiger partial charge in [0.15, 0.2) is 0 Å². The molecule has 0 radical (unpaired) electrons. The topological polar surface area (TPSA) is 63.4 Å². The Bertz CT molecular complexity index is 495. The first-order chi connectivity index (χ1) is 7.59. The standard InChI is InChI=1S/C11H9ClN2O2/c12-8-2-1-5(3-9(8)13)14-10(15)6-4-7(6)11(14)16/h1-3,6-7H,4,13H2. The summed E-state index contributed by atoms with van der Waals surface area (Å²) in [5, 5.41) is 0.424. The molecule has 1 aliphatic heterocycles. The van der Waals surface area contributed by atoms with Crippen LogP contribution in [-0.4, -0.2) is 11.8 Å². The third-order valence-corrected chi connectivity index (χ3v) is 3.45. The molecule has 3 rings (SSSR count). The monoisotopic (exact) mass is 236 g/mol. The molecule has 2 fully saturated rings. The number of nitrogen functional groups attached to an aromatic ring is 1. The van der Waals surface area contributed by atoms with E-state index in [1.54, 1.807) is 18.2 Å². The van der Waals surface area contributed by atoms with Crippen LogP contribution < -0.4 is 10.6 Å². The number of anilines is 2. The Morgan fingerprint density at radius 1 is 1.25 bits per heavy atom. The third kappa shape index (κ3) is 1.16. The summed E-state index contributed by atoms with van der Waals surface area (Å²) in [5.74, 6) is -0.415. The predicted molar refractivity (Wildman–Crippen MR) is 60.0 cm³/mol. The number of imide groups is 1. The molecule has 1 aromatic carbocycles. The summed E-state index contributed by atoms with van der Waals surface area (Å²) in [4.78, 5) is 24.8. The Kier molecular flexibility index (Phi) is 1.80. The third-order valence-electron chi connectivity index (χ3n) is 3.10. The second-order valence-corrected chi connectivity index (χ2v) is 4.57. The molecular formula is C11H9ClN2O2. The number of rotatable bonds is 1. The highest BCUT2D eigenvalue weighted by Crippen LogP contribution is 2.48. The molecule has 2 atom stereocenters. The van der Waals surface area contributed by atoms with E-state index in [1.165, 1.54) is 4.90 Å². The first-order valence-electron chi connectivity index (χ1n) is 5.02. The zero-order chi connectivity index (χ0) is 11.4. The van der Waals surface area contributed by atoms with Crippen LogP contribution in [0.4, 0.5) is 11.4 Å². The van der Waals surface area contributed by atoms with Crippen molar-refractivity contribution in [1.82, 2.24) is 0 Å². The number of carbonyl (C=O) groups excluding carboxylic acids is 2. The summed E-state index contributed by atoms with van der Waals surface area (Å²) in [6, 6.07) is 4.79. The van der Waals surface area contributed by atoms with Crippen molar-refractivity contribution in [2.45, 2.75) is 6.42 Å². The van der Waals surface area contributed by atoms with Crippen LogP contribution >= 0.6 is 11.6 Å². The van der Waals surface area contributed by atoms with Crippen molar-refractivity contribution in [2.24, 2.45) is 11.8 Å². The summed E-state index contributed by atoms with van der Waals surface area (Å²) in [6.07, 6.45) is 0.706. The molecule has 2 unspecified atom stereocenters. The zero-order valence-electron chi connectivity index (χ0n) is 8.31. The maximum absolute atomic E-state index is 11.8. The average Bonchev–Trinajstić information content (AvgIpc) is 2.98. The quantitative estimate of drug-likeness (QED) is 0.593. The van der Waals surface area contributed by atoms with Crippen molar-refractivity contribution < 1.29 is 9.59 Å². The minimum Gasteiger partial charge on any atom is -0.397 e. The van der Waals surface area contributed by atoms with Gasteiger partial charge in [-0.1, -0.05) is 11.6 Å². The van der Waals surface area contributed by atoms with Gasteiger partial charge in [0.1, 0.15) is 0 Å². The minimum absolute atomic E-state index is 0.0931. The molecule has 5 heteroatoms. The summed E-state index contributed by atoms with van der Waals surface area (Å²) >= 11 is 5.78. The number of amides is 2. The molecule has 1 aliphatic carbocycles. The lowest BCUT2D eigenvalue weighted by Gasteiger charge is -2.16. The number of piperidine rings is 1. The van der Waals surface area contributed by atoms with Crippen LogP contribution in [0.5, 0.6) is 0 Å². The van der Waals surface area contributed by atoms with Crippen LogP contribution in [0.1, 0.15) is 6.42 Å². The Balaban J connectivity index is 2.01. The molecular weight excluding hydrogens is 228 g/mol. The van der Waals surface area contributed by atoms with Crippen LogP contribution in [0.3, 0.4) is 0 Å². The lowest BCUT2D eigenvalue weighted by molar-refractivity contribution is -0.123. The van der Waals surface area contributed by atoms with Gasteiger partial charge in [0.25, 0.3) is 0 Å². The smallest absolute Gasteiger partial charge is 0.237 e. The predicted octanol–water partition coefficient (Wildman–Crippen LogP) is 1.43. The maximum atomic E-state index is 11.8. The highest BCUT2D eigenvalue weighted by molar-refractivity contribution is 6.33. The first-order valence-corrected chi connectivity index (χ1v) is 5.40. The van der Waals surface area contributed by atoms with Crippen LogP contribution in [0.2, 0.25) is 5.02 Å². The van der Waals surface area contributed by atoms with Gasteiger partial charge in [-0.25, -0.2) is 4.90 Å². The van der Waals surface area contributed by atoms with Gasteiger partial charge in [-0.2, -0.15) is 0 Å². The van der Waals surface area contributed by atoms with Crippen molar-refractivity contribution in [3.63, 3.8) is 0 Å². The molecule has 2 aliphatic rings. The zero-order valence-corrected chi connectivity index (χ0v) is 9.07. The number of fused-ring (bicyclic) bond motifs is 1. The highest BCUT2D eigenvalue weighted by Gasteiger charge is 2.59. The van der Waals surface area contributed by atoms with E-state index >= 15 is 0 Å². The molecule has 2 amide bonds. The van der Waals surface area contributed by atoms with Crippen molar-refractivity contribution in [1.29, 1.82) is 0 Å². The number of hydrogen-bond donors (Lipinski definition) is 1. The Morgan fingerprint density at radius 3 is 2.44 bits per heavy atom. The number of carbonyl (C=O) groups is 2. The van der Waals surface area contributed by atoms with Crippen LogP contribution in [0.15, 0.2) is 18.2 Å². The van der Waals surface area contributed by atoms with Crippen LogP contribution in [-0.2, 0) is 9.59 Å². The fourth-order valence-electron chi connectivity index (χ4n) is 2.11. The molecule has 2 N–H and O–H groups in total. The van der Waals surface area contributed by atoms with Gasteiger partial charge in [0.05, 0.1) is 28.2 Å². The molecule has 4 nitrogen and oxygen atoms in total. The molecule has 0 spiro atoms. The molecule has 1 saturated heterocycles. The van der Waals surface area contributed by atoms with Crippen LogP contribution in [0.25, 0.3) is 0 Å². The van der Waals surface area contributed by atoms with Gasteiger partial charge in [0.2, 0.25) is 11.8 Å². The number of hydrogen-bond acceptors (Lipinski definition) is 3. The lowest BCUT2D eigenvalue weighted by Crippen LogP contribution is -2.32. The minimum atomic E-state index is -0.114. The fourth-order valence-corrected chi connectivity index (χ4v) is 2.22. The van der Waals surface area contributed by atoms with E-state index in [2.05, 4.69) is 0 Å². The SMILES string of the molecule is Nc1cc(N2C(=O)C3CC3C2=O)ccc1Cl. The lowest BCUT2D eigenvalue weighted by atomic mass is 10.2. The van der Waals surface area contributed by atoms with E-state index in [1.807, 2.05) is 0 Å². The molecule has 0 aromatic heterocycles. The van der Waals surface area contributed by atoms with Crippen molar-refractivity contribution in [3.8, 4) is 0 Å². The van der Waals surface area contributed by atoms with E-state index in [4.69, 9.17) is 17.3 Å². The number of benzene rings is 1. The van der Waals surface area contributed by atoms with Gasteiger partial charge in [0, 0.05) is 0 Å². The van der Waals surface area contributed by atoms with Crippen LogP contribution in [0, 0.1) is 11.8 Å². The first kappa shape index (κ1) is 9.66. The number of halogens is 1. The largest absolute Gasteiger partial charge is 0.397 e. The van der Waals surface area contributed by atoms with E-state index < -0.39 is 0 Å². The highest BCUT2D eigenvalue weighted by atomic mass is 35.5. The molecule has 1 heterocycles. The van der Waals surface area contributed by atoms with Gasteiger partial charge in [-0.3, -0.25) is 9.59 Å². The Morgan fingerprint density at radius 2 is 1.88 bits per heavy atom. The summed E-state index contributed by atoms with van der Waals surface area (Å²) in [5.41, 5.74) is 6.54. The Labute approximate surface area is 97.0 Å². The van der Waals surface area contributed by atoms with E-state index in [0.717, 1.165) is 0 Å². The second-order valence-electron chi connectivity index (χ2n) is 4.17. The second kappa shape index (κ2) is 2.98.